The van der Waals surface area contributed by atoms with E-state index in [1.54, 1.807) is 26.4 Å². The summed E-state index contributed by atoms with van der Waals surface area (Å²) in [5.74, 6) is -1.15. The summed E-state index contributed by atoms with van der Waals surface area (Å²) in [6, 6.07) is 1.95. The van der Waals surface area contributed by atoms with Crippen LogP contribution in [0, 0.1) is 5.92 Å². The maximum atomic E-state index is 11.9. The highest BCUT2D eigenvalue weighted by molar-refractivity contribution is 5.98. The predicted octanol–water partition coefficient (Wildman–Crippen LogP) is 3.71. The molecule has 1 aromatic rings. The highest BCUT2D eigenvalue weighted by atomic mass is 16.5. The third-order valence-electron chi connectivity index (χ3n) is 3.39. The third-order valence-corrected chi connectivity index (χ3v) is 3.39. The number of esters is 1. The molecular weight excluding hydrogens is 268 g/mol. The molecule has 0 spiro atoms. The summed E-state index contributed by atoms with van der Waals surface area (Å²) >= 11 is 0. The number of carbonyl (C=O) groups is 2. The van der Waals surface area contributed by atoms with Gasteiger partial charge in [0.25, 0.3) is 0 Å². The number of furan rings is 1. The molecule has 1 heterocycles. The van der Waals surface area contributed by atoms with Crippen molar-refractivity contribution in [1.82, 2.24) is 0 Å². The number of Topliss-reactive ketones (excluding diaryl/α,β-unsaturated/α-hetero) is 1. The lowest BCUT2D eigenvalue weighted by atomic mass is 9.99. The second kappa shape index (κ2) is 9.16. The lowest BCUT2D eigenvalue weighted by molar-refractivity contribution is -0.150. The zero-order chi connectivity index (χ0) is 15.7. The first-order valence-corrected chi connectivity index (χ1v) is 7.40. The molecule has 0 aliphatic carbocycles. The molecule has 4 nitrogen and oxygen atoms in total. The van der Waals surface area contributed by atoms with Gasteiger partial charge in [-0.2, -0.15) is 0 Å². The highest BCUT2D eigenvalue weighted by Gasteiger charge is 2.21. The van der Waals surface area contributed by atoms with E-state index in [1.807, 2.05) is 13.0 Å². The summed E-state index contributed by atoms with van der Waals surface area (Å²) in [5.41, 5.74) is 2.34. The first kappa shape index (κ1) is 17.2. The van der Waals surface area contributed by atoms with E-state index in [0.29, 0.717) is 19.4 Å². The van der Waals surface area contributed by atoms with Gasteiger partial charge in [-0.15, -0.1) is 0 Å². The van der Waals surface area contributed by atoms with Crippen molar-refractivity contribution in [2.45, 2.75) is 46.5 Å². The minimum Gasteiger partial charge on any atom is -0.472 e. The molecule has 116 valence electrons. The highest BCUT2D eigenvalue weighted by Crippen LogP contribution is 2.12. The van der Waals surface area contributed by atoms with Crippen molar-refractivity contribution in [3.05, 3.63) is 35.8 Å². The molecule has 21 heavy (non-hydrogen) atoms. The van der Waals surface area contributed by atoms with Gasteiger partial charge in [0.2, 0.25) is 0 Å². The van der Waals surface area contributed by atoms with Crippen LogP contribution in [0.2, 0.25) is 0 Å². The van der Waals surface area contributed by atoms with Gasteiger partial charge in [-0.1, -0.05) is 11.6 Å². The molecule has 0 bridgehead atoms. The number of hydrogen-bond donors (Lipinski definition) is 0. The Kier molecular flexibility index (Phi) is 7.51. The van der Waals surface area contributed by atoms with E-state index < -0.39 is 11.9 Å². The van der Waals surface area contributed by atoms with Crippen LogP contribution in [-0.4, -0.2) is 18.4 Å². The fourth-order valence-corrected chi connectivity index (χ4v) is 1.96. The van der Waals surface area contributed by atoms with Gasteiger partial charge in [0, 0.05) is 6.42 Å². The summed E-state index contributed by atoms with van der Waals surface area (Å²) in [4.78, 5) is 23.3. The van der Waals surface area contributed by atoms with Gasteiger partial charge in [-0.25, -0.2) is 0 Å². The summed E-state index contributed by atoms with van der Waals surface area (Å²) < 4.78 is 9.87. The van der Waals surface area contributed by atoms with E-state index in [1.165, 1.54) is 11.1 Å². The van der Waals surface area contributed by atoms with Gasteiger partial charge in [0.05, 0.1) is 19.1 Å². The average molecular weight is 292 g/mol. The van der Waals surface area contributed by atoms with Crippen molar-refractivity contribution in [3.8, 4) is 0 Å². The number of ether oxygens (including phenoxy) is 1. The van der Waals surface area contributed by atoms with Crippen LogP contribution >= 0.6 is 0 Å². The minimum atomic E-state index is -0.663. The quantitative estimate of drug-likeness (QED) is 0.395. The largest absolute Gasteiger partial charge is 0.472 e. The lowest BCUT2D eigenvalue weighted by Crippen LogP contribution is -2.23. The Morgan fingerprint density at radius 2 is 2.14 bits per heavy atom. The van der Waals surface area contributed by atoms with Crippen LogP contribution in [0.5, 0.6) is 0 Å². The van der Waals surface area contributed by atoms with Crippen LogP contribution in [-0.2, 0) is 20.7 Å². The summed E-state index contributed by atoms with van der Waals surface area (Å²) in [6.07, 6.45) is 8.47. The van der Waals surface area contributed by atoms with Crippen LogP contribution in [0.15, 0.2) is 34.7 Å². The molecule has 4 heteroatoms. The van der Waals surface area contributed by atoms with Gasteiger partial charge in [-0.3, -0.25) is 9.59 Å². The SMILES string of the molecule is CCOC(=O)C(C)C(=O)CC/C(C)=C/CCc1ccoc1. The summed E-state index contributed by atoms with van der Waals surface area (Å²) in [5, 5.41) is 0. The van der Waals surface area contributed by atoms with Crippen LogP contribution in [0.1, 0.15) is 45.6 Å². The molecule has 0 aromatic carbocycles. The van der Waals surface area contributed by atoms with Crippen molar-refractivity contribution in [2.75, 3.05) is 6.61 Å². The summed E-state index contributed by atoms with van der Waals surface area (Å²) in [6.45, 7) is 5.67. The van der Waals surface area contributed by atoms with E-state index >= 15 is 0 Å². The number of carbonyl (C=O) groups excluding carboxylic acids is 2. The van der Waals surface area contributed by atoms with Gasteiger partial charge >= 0.3 is 5.97 Å². The van der Waals surface area contributed by atoms with Crippen LogP contribution < -0.4 is 0 Å². The molecule has 1 rings (SSSR count). The number of rotatable bonds is 9. The molecule has 1 unspecified atom stereocenters. The second-order valence-electron chi connectivity index (χ2n) is 5.16. The maximum absolute atomic E-state index is 11.9. The Balaban J connectivity index is 2.29. The summed E-state index contributed by atoms with van der Waals surface area (Å²) in [7, 11) is 0. The molecule has 0 aliphatic heterocycles. The van der Waals surface area contributed by atoms with E-state index in [0.717, 1.165) is 12.8 Å². The zero-order valence-electron chi connectivity index (χ0n) is 13.1. The molecule has 1 aromatic heterocycles. The molecule has 0 radical (unpaired) electrons. The Hall–Kier alpha value is -1.84. The first-order chi connectivity index (χ1) is 10.0. The Morgan fingerprint density at radius 3 is 2.76 bits per heavy atom. The van der Waals surface area contributed by atoms with Gasteiger partial charge < -0.3 is 9.15 Å². The molecule has 0 aliphatic rings. The fourth-order valence-electron chi connectivity index (χ4n) is 1.96. The van der Waals surface area contributed by atoms with Crippen molar-refractivity contribution in [2.24, 2.45) is 5.92 Å². The molecule has 0 fully saturated rings. The molecule has 0 N–H and O–H groups in total. The Labute approximate surface area is 126 Å². The first-order valence-electron chi connectivity index (χ1n) is 7.40. The Morgan fingerprint density at radius 1 is 1.38 bits per heavy atom. The second-order valence-corrected chi connectivity index (χ2v) is 5.16. The lowest BCUT2D eigenvalue weighted by Gasteiger charge is -2.09. The van der Waals surface area contributed by atoms with Crippen molar-refractivity contribution >= 4 is 11.8 Å². The predicted molar refractivity (Wildman–Crippen MR) is 80.8 cm³/mol. The van der Waals surface area contributed by atoms with Crippen LogP contribution in [0.4, 0.5) is 0 Å². The topological polar surface area (TPSA) is 56.5 Å². The van der Waals surface area contributed by atoms with Crippen molar-refractivity contribution in [1.29, 1.82) is 0 Å². The van der Waals surface area contributed by atoms with Gasteiger partial charge in [-0.05, 0) is 51.7 Å². The number of hydrogen-bond acceptors (Lipinski definition) is 4. The normalized spacial score (nSPS) is 13.0. The van der Waals surface area contributed by atoms with Gasteiger partial charge in [0.1, 0.15) is 11.7 Å². The molecule has 0 saturated heterocycles. The van der Waals surface area contributed by atoms with Crippen LogP contribution in [0.25, 0.3) is 0 Å². The molecule has 1 atom stereocenters. The fraction of sp³-hybridized carbons (Fsp3) is 0.529. The number of allylic oxidation sites excluding steroid dienone is 2. The zero-order valence-corrected chi connectivity index (χ0v) is 13.1. The van der Waals surface area contributed by atoms with E-state index in [9.17, 15) is 9.59 Å². The smallest absolute Gasteiger partial charge is 0.316 e. The molecule has 0 amide bonds. The number of aryl methyl sites for hydroxylation is 1. The van der Waals surface area contributed by atoms with Gasteiger partial charge in [0.15, 0.2) is 0 Å². The molecular formula is C17H24O4. The Bertz CT molecular complexity index is 471. The third kappa shape index (κ3) is 6.43. The molecule has 0 saturated carbocycles. The monoisotopic (exact) mass is 292 g/mol. The maximum Gasteiger partial charge on any atom is 0.316 e. The standard InChI is InChI=1S/C17H24O4/c1-4-21-17(19)14(3)16(18)9-8-13(2)6-5-7-15-10-11-20-12-15/h6,10-12,14H,4-5,7-9H2,1-3H3/b13-6+. The minimum absolute atomic E-state index is 0.0592. The van der Waals surface area contributed by atoms with E-state index in [4.69, 9.17) is 9.15 Å². The van der Waals surface area contributed by atoms with E-state index in [2.05, 4.69) is 6.08 Å². The average Bonchev–Trinajstić information content (AvgIpc) is 2.97. The number of ketones is 1. The van der Waals surface area contributed by atoms with Crippen LogP contribution in [0.3, 0.4) is 0 Å². The van der Waals surface area contributed by atoms with Crippen molar-refractivity contribution in [3.63, 3.8) is 0 Å². The van der Waals surface area contributed by atoms with E-state index in [-0.39, 0.29) is 5.78 Å². The van der Waals surface area contributed by atoms with Crippen molar-refractivity contribution < 1.29 is 18.7 Å².